The van der Waals surface area contributed by atoms with Gasteiger partial charge in [0.1, 0.15) is 0 Å². The van der Waals surface area contributed by atoms with Crippen molar-refractivity contribution in [1.82, 2.24) is 9.47 Å². The quantitative estimate of drug-likeness (QED) is 0.427. The monoisotopic (exact) mass is 440 g/mol. The zero-order valence-electron chi connectivity index (χ0n) is 19.0. The molecule has 0 spiro atoms. The number of carbonyl (C=O) groups is 2. The Morgan fingerprint density at radius 2 is 1.70 bits per heavy atom. The molecule has 1 saturated carbocycles. The Balaban J connectivity index is 1.42. The number of benzene rings is 3. The Hall–Kier alpha value is -3.64. The zero-order chi connectivity index (χ0) is 22.9. The highest BCUT2D eigenvalue weighted by molar-refractivity contribution is 6.13. The molecule has 5 rings (SSSR count). The summed E-state index contributed by atoms with van der Waals surface area (Å²) in [6.07, 6.45) is 3.90. The third kappa shape index (κ3) is 4.61. The fourth-order valence-corrected chi connectivity index (χ4v) is 4.09. The lowest BCUT2D eigenvalue weighted by molar-refractivity contribution is -0.117. The van der Waals surface area contributed by atoms with Crippen LogP contribution in [0.1, 0.15) is 23.2 Å². The van der Waals surface area contributed by atoms with Crippen molar-refractivity contribution >= 4 is 44.9 Å². The fourth-order valence-electron chi connectivity index (χ4n) is 4.09. The molecule has 0 radical (unpaired) electrons. The normalized spacial score (nSPS) is 13.5. The van der Waals surface area contributed by atoms with Crippen molar-refractivity contribution in [3.63, 3.8) is 0 Å². The Morgan fingerprint density at radius 3 is 2.42 bits per heavy atom. The van der Waals surface area contributed by atoms with Gasteiger partial charge in [0.25, 0.3) is 5.91 Å². The van der Waals surface area contributed by atoms with Crippen molar-refractivity contribution in [3.8, 4) is 0 Å². The van der Waals surface area contributed by atoms with Gasteiger partial charge in [-0.3, -0.25) is 9.59 Å². The number of hydrogen-bond acceptors (Lipinski definition) is 3. The number of fused-ring (bicyclic) bond motifs is 2. The molecule has 0 unspecified atom stereocenters. The van der Waals surface area contributed by atoms with E-state index in [1.807, 2.05) is 54.6 Å². The molecular formula is C27H28N4O2. The molecule has 2 N–H and O–H groups in total. The number of aromatic nitrogens is 1. The summed E-state index contributed by atoms with van der Waals surface area (Å²) in [5.41, 5.74) is 2.88. The van der Waals surface area contributed by atoms with E-state index in [-0.39, 0.29) is 17.7 Å². The summed E-state index contributed by atoms with van der Waals surface area (Å²) in [6.45, 7) is 1.86. The van der Waals surface area contributed by atoms with Crippen LogP contribution < -0.4 is 10.6 Å². The summed E-state index contributed by atoms with van der Waals surface area (Å²) >= 11 is 0. The summed E-state index contributed by atoms with van der Waals surface area (Å²) in [6, 6.07) is 19.6. The summed E-state index contributed by atoms with van der Waals surface area (Å²) in [5.74, 6) is -0.190. The van der Waals surface area contributed by atoms with Gasteiger partial charge in [-0.1, -0.05) is 24.3 Å². The molecule has 0 aliphatic heterocycles. The molecule has 0 saturated heterocycles. The molecule has 6 heteroatoms. The van der Waals surface area contributed by atoms with Gasteiger partial charge >= 0.3 is 0 Å². The van der Waals surface area contributed by atoms with Crippen molar-refractivity contribution in [2.45, 2.75) is 19.4 Å². The van der Waals surface area contributed by atoms with E-state index in [1.165, 1.54) is 0 Å². The maximum atomic E-state index is 13.3. The van der Waals surface area contributed by atoms with Crippen LogP contribution in [0.3, 0.4) is 0 Å². The van der Waals surface area contributed by atoms with E-state index in [1.54, 1.807) is 0 Å². The van der Waals surface area contributed by atoms with Crippen LogP contribution >= 0.6 is 0 Å². The van der Waals surface area contributed by atoms with Gasteiger partial charge in [-0.25, -0.2) is 0 Å². The highest BCUT2D eigenvalue weighted by atomic mass is 16.2. The van der Waals surface area contributed by atoms with Gasteiger partial charge in [0.2, 0.25) is 5.91 Å². The van der Waals surface area contributed by atoms with Crippen LogP contribution in [0, 0.1) is 5.92 Å². The van der Waals surface area contributed by atoms with Crippen molar-refractivity contribution in [2.24, 2.45) is 5.92 Å². The molecule has 33 heavy (non-hydrogen) atoms. The lowest BCUT2D eigenvalue weighted by Crippen LogP contribution is -2.19. The van der Waals surface area contributed by atoms with E-state index >= 15 is 0 Å². The van der Waals surface area contributed by atoms with Crippen LogP contribution in [-0.2, 0) is 11.3 Å². The predicted molar refractivity (Wildman–Crippen MR) is 134 cm³/mol. The van der Waals surface area contributed by atoms with Gasteiger partial charge in [-0.15, -0.1) is 0 Å². The van der Waals surface area contributed by atoms with Crippen molar-refractivity contribution in [2.75, 3.05) is 31.3 Å². The molecule has 0 atom stereocenters. The van der Waals surface area contributed by atoms with Gasteiger partial charge in [0.05, 0.1) is 11.3 Å². The molecule has 2 amide bonds. The van der Waals surface area contributed by atoms with E-state index in [0.29, 0.717) is 11.3 Å². The third-order valence-corrected chi connectivity index (χ3v) is 6.15. The molecule has 3 aromatic carbocycles. The highest BCUT2D eigenvalue weighted by Gasteiger charge is 2.30. The Morgan fingerprint density at radius 1 is 0.939 bits per heavy atom. The minimum absolute atomic E-state index is 0.0141. The van der Waals surface area contributed by atoms with E-state index in [2.05, 4.69) is 46.5 Å². The van der Waals surface area contributed by atoms with Gasteiger partial charge in [0.15, 0.2) is 0 Å². The molecule has 168 valence electrons. The lowest BCUT2D eigenvalue weighted by atomic mass is 10.0. The number of rotatable bonds is 7. The second-order valence-corrected chi connectivity index (χ2v) is 9.05. The van der Waals surface area contributed by atoms with Crippen molar-refractivity contribution < 1.29 is 9.59 Å². The maximum Gasteiger partial charge on any atom is 0.257 e. The standard InChI is InChI=1S/C27H28N4O2/c1-30(2)13-14-31-12-11-21-15-22(9-10-25(21)31)28-27(33)23-16-19-5-3-4-6-20(19)17-24(23)29-26(32)18-7-8-18/h3-6,9-12,15-18H,7-8,13-14H2,1-2H3,(H,28,33)(H,29,32). The van der Waals surface area contributed by atoms with Crippen LogP contribution in [0.5, 0.6) is 0 Å². The first kappa shape index (κ1) is 21.2. The summed E-state index contributed by atoms with van der Waals surface area (Å²) in [4.78, 5) is 27.9. The highest BCUT2D eigenvalue weighted by Crippen LogP contribution is 2.32. The number of nitrogens with zero attached hydrogens (tertiary/aromatic N) is 2. The van der Waals surface area contributed by atoms with Gasteiger partial charge in [-0.2, -0.15) is 0 Å². The predicted octanol–water partition coefficient (Wildman–Crippen LogP) is 4.96. The van der Waals surface area contributed by atoms with Gasteiger partial charge < -0.3 is 20.1 Å². The SMILES string of the molecule is CN(C)CCn1ccc2cc(NC(=O)c3cc4ccccc4cc3NC(=O)C3CC3)ccc21. The molecule has 4 aromatic rings. The Bertz CT molecular complexity index is 1350. The topological polar surface area (TPSA) is 66.4 Å². The lowest BCUT2D eigenvalue weighted by Gasteiger charge is -2.14. The summed E-state index contributed by atoms with van der Waals surface area (Å²) < 4.78 is 2.22. The number of amides is 2. The van der Waals surface area contributed by atoms with Crippen LogP contribution in [0.25, 0.3) is 21.7 Å². The number of nitrogens with one attached hydrogen (secondary N) is 2. The first-order chi connectivity index (χ1) is 16.0. The number of carbonyl (C=O) groups excluding carboxylic acids is 2. The molecule has 1 fully saturated rings. The first-order valence-electron chi connectivity index (χ1n) is 11.4. The number of anilines is 2. The van der Waals surface area contributed by atoms with Gasteiger partial charge in [-0.05, 0) is 74.1 Å². The average molecular weight is 441 g/mol. The average Bonchev–Trinajstić information content (AvgIpc) is 3.58. The zero-order valence-corrected chi connectivity index (χ0v) is 19.0. The molecule has 1 aromatic heterocycles. The smallest absolute Gasteiger partial charge is 0.257 e. The molecule has 1 heterocycles. The molecule has 1 aliphatic rings. The van der Waals surface area contributed by atoms with Crippen molar-refractivity contribution in [3.05, 3.63) is 72.4 Å². The summed E-state index contributed by atoms with van der Waals surface area (Å²) in [7, 11) is 4.13. The maximum absolute atomic E-state index is 13.3. The number of hydrogen-bond donors (Lipinski definition) is 2. The molecule has 1 aliphatic carbocycles. The van der Waals surface area contributed by atoms with Crippen LogP contribution in [0.2, 0.25) is 0 Å². The molecule has 6 nitrogen and oxygen atoms in total. The number of likely N-dealkylation sites (N-methyl/N-ethyl adjacent to an activating group) is 1. The molecular weight excluding hydrogens is 412 g/mol. The first-order valence-corrected chi connectivity index (χ1v) is 11.4. The minimum atomic E-state index is -0.238. The largest absolute Gasteiger partial charge is 0.346 e. The van der Waals surface area contributed by atoms with Crippen LogP contribution in [0.4, 0.5) is 11.4 Å². The molecule has 0 bridgehead atoms. The third-order valence-electron chi connectivity index (χ3n) is 6.15. The second kappa shape index (κ2) is 8.71. The second-order valence-electron chi connectivity index (χ2n) is 9.05. The Labute approximate surface area is 193 Å². The van der Waals surface area contributed by atoms with Crippen LogP contribution in [0.15, 0.2) is 66.9 Å². The van der Waals surface area contributed by atoms with E-state index in [4.69, 9.17) is 0 Å². The van der Waals surface area contributed by atoms with Gasteiger partial charge in [0, 0.05) is 41.8 Å². The fraction of sp³-hybridized carbons (Fsp3) is 0.259. The van der Waals surface area contributed by atoms with Crippen LogP contribution in [-0.4, -0.2) is 41.9 Å². The van der Waals surface area contributed by atoms with E-state index < -0.39 is 0 Å². The Kier molecular flexibility index (Phi) is 5.60. The van der Waals surface area contributed by atoms with E-state index in [9.17, 15) is 9.59 Å². The minimum Gasteiger partial charge on any atom is -0.346 e. The van der Waals surface area contributed by atoms with Crippen molar-refractivity contribution in [1.29, 1.82) is 0 Å². The van der Waals surface area contributed by atoms with E-state index in [0.717, 1.165) is 53.3 Å². The summed E-state index contributed by atoms with van der Waals surface area (Å²) in [5, 5.41) is 9.03.